The van der Waals surface area contributed by atoms with Crippen molar-refractivity contribution in [3.63, 3.8) is 0 Å². The lowest BCUT2D eigenvalue weighted by Crippen LogP contribution is -2.13. The van der Waals surface area contributed by atoms with Gasteiger partial charge in [0.1, 0.15) is 5.01 Å². The summed E-state index contributed by atoms with van der Waals surface area (Å²) in [7, 11) is 0. The highest BCUT2D eigenvalue weighted by molar-refractivity contribution is 7.11. The number of carbonyl (C=O) groups excluding carboxylic acids is 1. The largest absolute Gasteiger partial charge is 0.462 e. The number of nitrogen functional groups attached to an aromatic ring is 1. The van der Waals surface area contributed by atoms with Crippen LogP contribution in [0.15, 0.2) is 72.8 Å². The summed E-state index contributed by atoms with van der Waals surface area (Å²) in [5.41, 5.74) is 12.5. The summed E-state index contributed by atoms with van der Waals surface area (Å²) < 4.78 is 5.48. The van der Waals surface area contributed by atoms with Crippen LogP contribution in [0.2, 0.25) is 0 Å². The summed E-state index contributed by atoms with van der Waals surface area (Å²) in [5, 5.41) is 4.60. The molecule has 0 spiro atoms. The number of para-hydroxylation sites is 2. The van der Waals surface area contributed by atoms with Gasteiger partial charge in [-0.3, -0.25) is 0 Å². The van der Waals surface area contributed by atoms with Crippen molar-refractivity contribution >= 4 is 34.4 Å². The van der Waals surface area contributed by atoms with E-state index in [1.165, 1.54) is 11.1 Å². The third-order valence-corrected chi connectivity index (χ3v) is 6.96. The van der Waals surface area contributed by atoms with Crippen LogP contribution < -0.4 is 11.1 Å². The number of benzene rings is 3. The molecule has 0 saturated carbocycles. The predicted molar refractivity (Wildman–Crippen MR) is 129 cm³/mol. The van der Waals surface area contributed by atoms with Gasteiger partial charge in [-0.25, -0.2) is 9.78 Å². The number of fused-ring (bicyclic) bond motifs is 2. The molecule has 3 aromatic carbocycles. The average Bonchev–Trinajstić information content (AvgIpc) is 3.17. The Morgan fingerprint density at radius 2 is 1.62 bits per heavy atom. The first-order valence-electron chi connectivity index (χ1n) is 10.5. The van der Waals surface area contributed by atoms with Crippen molar-refractivity contribution in [1.82, 2.24) is 4.98 Å². The minimum atomic E-state index is -0.339. The van der Waals surface area contributed by atoms with Crippen molar-refractivity contribution in [3.05, 3.63) is 105 Å². The zero-order valence-corrected chi connectivity index (χ0v) is 18.5. The predicted octanol–water partition coefficient (Wildman–Crippen LogP) is 5.67. The fourth-order valence-electron chi connectivity index (χ4n) is 4.05. The molecule has 0 fully saturated rings. The van der Waals surface area contributed by atoms with E-state index in [0.717, 1.165) is 27.0 Å². The summed E-state index contributed by atoms with van der Waals surface area (Å²) in [4.78, 5) is 18.3. The molecule has 160 valence electrons. The van der Waals surface area contributed by atoms with Crippen molar-refractivity contribution in [2.24, 2.45) is 0 Å². The van der Waals surface area contributed by atoms with Crippen LogP contribution in [0.25, 0.3) is 0 Å². The molecule has 3 N–H and O–H groups in total. The third-order valence-electron chi connectivity index (χ3n) is 5.68. The molecule has 2 heterocycles. The number of aromatic nitrogens is 1. The molecule has 5 rings (SSSR count). The maximum Gasteiger partial charge on any atom is 0.338 e. The molecule has 6 heteroatoms. The van der Waals surface area contributed by atoms with Crippen LogP contribution in [0.4, 0.5) is 17.1 Å². The molecule has 5 nitrogen and oxygen atoms in total. The second-order valence-corrected chi connectivity index (χ2v) is 8.92. The number of hydrogen-bond acceptors (Lipinski definition) is 6. The average molecular weight is 442 g/mol. The fraction of sp³-hybridized carbons (Fsp3) is 0.154. The molecule has 0 saturated heterocycles. The molecule has 32 heavy (non-hydrogen) atoms. The number of aryl methyl sites for hydroxylation is 1. The Bertz CT molecular complexity index is 1230. The van der Waals surface area contributed by atoms with Gasteiger partial charge in [-0.05, 0) is 54.4 Å². The highest BCUT2D eigenvalue weighted by Crippen LogP contribution is 2.45. The molecule has 1 aliphatic rings. The smallest absolute Gasteiger partial charge is 0.338 e. The summed E-state index contributed by atoms with van der Waals surface area (Å²) in [6, 6.07) is 23.5. The summed E-state index contributed by atoms with van der Waals surface area (Å²) in [6.45, 7) is 2.33. The van der Waals surface area contributed by atoms with E-state index in [2.05, 4.69) is 41.7 Å². The molecule has 4 aromatic rings. The lowest BCUT2D eigenvalue weighted by atomic mass is 9.86. The Hall–Kier alpha value is -3.64. The van der Waals surface area contributed by atoms with E-state index in [4.69, 9.17) is 15.5 Å². The highest BCUT2D eigenvalue weighted by atomic mass is 32.1. The minimum absolute atomic E-state index is 0.0819. The Morgan fingerprint density at radius 3 is 2.28 bits per heavy atom. The number of nitrogens with one attached hydrogen (secondary N) is 1. The van der Waals surface area contributed by atoms with Gasteiger partial charge in [0, 0.05) is 28.4 Å². The number of rotatable bonds is 5. The molecule has 0 atom stereocenters. The zero-order valence-electron chi connectivity index (χ0n) is 17.7. The van der Waals surface area contributed by atoms with Gasteiger partial charge in [-0.1, -0.05) is 36.4 Å². The van der Waals surface area contributed by atoms with Crippen LogP contribution in [0.3, 0.4) is 0 Å². The number of ether oxygens (including phenoxy) is 1. The van der Waals surface area contributed by atoms with Crippen LogP contribution in [-0.2, 0) is 11.2 Å². The first-order valence-corrected chi connectivity index (χ1v) is 11.4. The molecule has 0 amide bonds. The van der Waals surface area contributed by atoms with Gasteiger partial charge in [-0.2, -0.15) is 0 Å². The quantitative estimate of drug-likeness (QED) is 0.271. The van der Waals surface area contributed by atoms with Gasteiger partial charge >= 0.3 is 5.97 Å². The minimum Gasteiger partial charge on any atom is -0.462 e. The van der Waals surface area contributed by atoms with E-state index in [1.54, 1.807) is 35.6 Å². The summed E-state index contributed by atoms with van der Waals surface area (Å²) in [6.07, 6.45) is 0.637. The van der Waals surface area contributed by atoms with Gasteiger partial charge in [0.05, 0.1) is 23.8 Å². The number of esters is 1. The number of anilines is 3. The molecular weight excluding hydrogens is 418 g/mol. The van der Waals surface area contributed by atoms with Crippen LogP contribution in [0.1, 0.15) is 43.0 Å². The van der Waals surface area contributed by atoms with Gasteiger partial charge < -0.3 is 15.8 Å². The maximum atomic E-state index is 12.3. The molecule has 0 unspecified atom stereocenters. The van der Waals surface area contributed by atoms with Crippen molar-refractivity contribution < 1.29 is 9.53 Å². The number of nitrogens with zero attached hydrogens (tertiary/aromatic N) is 1. The van der Waals surface area contributed by atoms with Crippen LogP contribution in [-0.4, -0.2) is 17.6 Å². The highest BCUT2D eigenvalue weighted by Gasteiger charge is 2.29. The van der Waals surface area contributed by atoms with Gasteiger partial charge in [0.2, 0.25) is 0 Å². The van der Waals surface area contributed by atoms with Gasteiger partial charge in [-0.15, -0.1) is 11.3 Å². The Kier molecular flexibility index (Phi) is 5.37. The normalized spacial score (nSPS) is 12.5. The van der Waals surface area contributed by atoms with Crippen molar-refractivity contribution in [1.29, 1.82) is 0 Å². The first kappa shape index (κ1) is 20.3. The van der Waals surface area contributed by atoms with Crippen LogP contribution >= 0.6 is 11.3 Å². The topological polar surface area (TPSA) is 77.2 Å². The molecular formula is C26H23N3O2S. The Balaban J connectivity index is 1.36. The van der Waals surface area contributed by atoms with Crippen molar-refractivity contribution in [2.45, 2.75) is 19.3 Å². The van der Waals surface area contributed by atoms with Crippen LogP contribution in [0, 0.1) is 6.92 Å². The third kappa shape index (κ3) is 3.85. The Labute approximate surface area is 190 Å². The number of nitrogens with two attached hydrogens (primary N) is 1. The monoisotopic (exact) mass is 441 g/mol. The number of carbonyl (C=O) groups is 1. The van der Waals surface area contributed by atoms with Crippen LogP contribution in [0.5, 0.6) is 0 Å². The Morgan fingerprint density at radius 1 is 1.00 bits per heavy atom. The molecule has 0 bridgehead atoms. The lowest BCUT2D eigenvalue weighted by Gasteiger charge is -2.28. The summed E-state index contributed by atoms with van der Waals surface area (Å²) >= 11 is 1.70. The SMILES string of the molecule is Cc1nc(C2c3ccccc3Nc3ccccc32)sc1CCOC(=O)c1ccc(N)cc1. The fourth-order valence-corrected chi connectivity index (χ4v) is 5.23. The second kappa shape index (κ2) is 8.48. The van der Waals surface area contributed by atoms with Gasteiger partial charge in [0.15, 0.2) is 0 Å². The lowest BCUT2D eigenvalue weighted by molar-refractivity contribution is 0.0510. The van der Waals surface area contributed by atoms with E-state index < -0.39 is 0 Å². The molecule has 1 aliphatic heterocycles. The number of hydrogen-bond donors (Lipinski definition) is 2. The van der Waals surface area contributed by atoms with Crippen molar-refractivity contribution in [3.8, 4) is 0 Å². The van der Waals surface area contributed by atoms with Gasteiger partial charge in [0.25, 0.3) is 0 Å². The second-order valence-electron chi connectivity index (χ2n) is 7.80. The molecule has 1 aromatic heterocycles. The van der Waals surface area contributed by atoms with E-state index in [1.807, 2.05) is 19.1 Å². The van der Waals surface area contributed by atoms with E-state index >= 15 is 0 Å². The van der Waals surface area contributed by atoms with Crippen molar-refractivity contribution in [2.75, 3.05) is 17.7 Å². The molecule has 0 radical (unpaired) electrons. The van der Waals surface area contributed by atoms with E-state index in [0.29, 0.717) is 24.3 Å². The number of thiazole rings is 1. The summed E-state index contributed by atoms with van der Waals surface area (Å²) in [5.74, 6) is -0.257. The van der Waals surface area contributed by atoms with E-state index in [-0.39, 0.29) is 11.9 Å². The molecule has 0 aliphatic carbocycles. The maximum absolute atomic E-state index is 12.3. The van der Waals surface area contributed by atoms with E-state index in [9.17, 15) is 4.79 Å². The standard InChI is InChI=1S/C26H23N3O2S/c1-16-23(14-15-31-26(30)17-10-12-18(27)13-11-17)32-25(28-16)24-19-6-2-4-8-21(19)29-22-9-5-3-7-20(22)24/h2-13,24,29H,14-15,27H2,1H3. The first-order chi connectivity index (χ1) is 15.6. The zero-order chi connectivity index (χ0) is 22.1.